The molecule has 24 heavy (non-hydrogen) atoms. The zero-order valence-corrected chi connectivity index (χ0v) is 14.9. The summed E-state index contributed by atoms with van der Waals surface area (Å²) in [5.74, 6) is -0.306. The molecule has 0 bridgehead atoms. The molecule has 7 heteroatoms. The Morgan fingerprint density at radius 1 is 1.21 bits per heavy atom. The van der Waals surface area contributed by atoms with Gasteiger partial charge in [-0.15, -0.1) is 0 Å². The highest BCUT2D eigenvalue weighted by Gasteiger charge is 2.55. The molecule has 2 fully saturated rings. The molecule has 3 rings (SSSR count). The molecule has 6 nitrogen and oxygen atoms in total. The van der Waals surface area contributed by atoms with Crippen molar-refractivity contribution < 1.29 is 18.0 Å². The second kappa shape index (κ2) is 5.31. The van der Waals surface area contributed by atoms with Crippen LogP contribution in [0.25, 0.3) is 0 Å². The van der Waals surface area contributed by atoms with Gasteiger partial charge in [0.2, 0.25) is 0 Å². The number of nitrogens with one attached hydrogen (secondary N) is 1. The second-order valence-electron chi connectivity index (χ2n) is 7.33. The van der Waals surface area contributed by atoms with E-state index in [1.807, 2.05) is 31.2 Å². The molecule has 1 unspecified atom stereocenters. The van der Waals surface area contributed by atoms with Crippen LogP contribution in [0.5, 0.6) is 0 Å². The van der Waals surface area contributed by atoms with E-state index in [4.69, 9.17) is 0 Å². The topological polar surface area (TPSA) is 83.6 Å². The van der Waals surface area contributed by atoms with Crippen molar-refractivity contribution in [2.75, 3.05) is 18.6 Å². The van der Waals surface area contributed by atoms with E-state index in [0.29, 0.717) is 0 Å². The molecule has 130 valence electrons. The van der Waals surface area contributed by atoms with E-state index < -0.39 is 26.8 Å². The van der Waals surface area contributed by atoms with Gasteiger partial charge in [0.1, 0.15) is 15.4 Å². The average Bonchev–Trinajstić information content (AvgIpc) is 3.17. The lowest BCUT2D eigenvalue weighted by atomic mass is 9.88. The highest BCUT2D eigenvalue weighted by molar-refractivity contribution is 7.90. The fourth-order valence-electron chi connectivity index (χ4n) is 3.57. The first-order valence-electron chi connectivity index (χ1n) is 7.94. The molecular formula is C17H22N2O4S. The summed E-state index contributed by atoms with van der Waals surface area (Å²) in [4.78, 5) is 26.5. The fraction of sp³-hybridized carbons (Fsp3) is 0.529. The minimum atomic E-state index is -3.15. The largest absolute Gasteiger partial charge is 0.325 e. The van der Waals surface area contributed by atoms with Gasteiger partial charge in [-0.3, -0.25) is 9.69 Å². The number of urea groups is 1. The number of imide groups is 1. The number of sulfone groups is 1. The Bertz CT molecular complexity index is 814. The summed E-state index contributed by atoms with van der Waals surface area (Å²) in [6, 6.07) is 6.99. The maximum atomic E-state index is 13.0. The van der Waals surface area contributed by atoms with E-state index in [9.17, 15) is 18.0 Å². The van der Waals surface area contributed by atoms with E-state index in [0.717, 1.165) is 24.0 Å². The standard InChI is InChI=1S/C17H22N2O4S/c1-12-6-4-5-7-13(12)16(2)14(20)19(15(21)18-16)10-17(8-9-17)11-24(3,22)23/h4-7H,8-11H2,1-3H3,(H,18,21). The second-order valence-corrected chi connectivity index (χ2v) is 9.47. The third-order valence-electron chi connectivity index (χ3n) is 4.98. The van der Waals surface area contributed by atoms with Crippen molar-refractivity contribution in [3.05, 3.63) is 35.4 Å². The first-order chi connectivity index (χ1) is 11.1. The molecular weight excluding hydrogens is 328 g/mol. The summed E-state index contributed by atoms with van der Waals surface area (Å²) in [7, 11) is -3.15. The molecule has 2 aliphatic rings. The van der Waals surface area contributed by atoms with Crippen molar-refractivity contribution in [2.24, 2.45) is 5.41 Å². The Morgan fingerprint density at radius 3 is 2.38 bits per heavy atom. The molecule has 1 saturated heterocycles. The predicted molar refractivity (Wildman–Crippen MR) is 90.2 cm³/mol. The SMILES string of the molecule is Cc1ccccc1C1(C)NC(=O)N(CC2(CS(C)(=O)=O)CC2)C1=O. The molecule has 0 radical (unpaired) electrons. The van der Waals surface area contributed by atoms with Crippen LogP contribution < -0.4 is 5.32 Å². The van der Waals surface area contributed by atoms with Gasteiger partial charge in [0.15, 0.2) is 0 Å². The lowest BCUT2D eigenvalue weighted by molar-refractivity contribution is -0.131. The smallest absolute Gasteiger partial charge is 0.319 e. The molecule has 1 heterocycles. The first-order valence-corrected chi connectivity index (χ1v) is 10.0. The maximum absolute atomic E-state index is 13.0. The number of carbonyl (C=O) groups is 2. The van der Waals surface area contributed by atoms with Gasteiger partial charge in [0.05, 0.1) is 5.75 Å². The van der Waals surface area contributed by atoms with Crippen molar-refractivity contribution in [2.45, 2.75) is 32.2 Å². The number of nitrogens with zero attached hydrogens (tertiary/aromatic N) is 1. The van der Waals surface area contributed by atoms with Crippen LogP contribution in [0, 0.1) is 12.3 Å². The number of amides is 3. The molecule has 3 amide bonds. The number of rotatable bonds is 5. The number of carbonyl (C=O) groups excluding carboxylic acids is 2. The number of benzene rings is 1. The number of aryl methyl sites for hydroxylation is 1. The molecule has 0 spiro atoms. The monoisotopic (exact) mass is 350 g/mol. The zero-order valence-electron chi connectivity index (χ0n) is 14.1. The average molecular weight is 350 g/mol. The normalized spacial score (nSPS) is 25.7. The van der Waals surface area contributed by atoms with E-state index in [2.05, 4.69) is 5.32 Å². The highest BCUT2D eigenvalue weighted by atomic mass is 32.2. The van der Waals surface area contributed by atoms with Crippen LogP contribution >= 0.6 is 0 Å². The van der Waals surface area contributed by atoms with Crippen LogP contribution in [-0.4, -0.2) is 43.8 Å². The third-order valence-corrected chi connectivity index (χ3v) is 6.11. The molecule has 1 saturated carbocycles. The minimum Gasteiger partial charge on any atom is -0.319 e. The Kier molecular flexibility index (Phi) is 3.75. The Labute approximate surface area is 142 Å². The van der Waals surface area contributed by atoms with Crippen molar-refractivity contribution in [1.29, 1.82) is 0 Å². The Morgan fingerprint density at radius 2 is 1.83 bits per heavy atom. The quantitative estimate of drug-likeness (QED) is 0.818. The van der Waals surface area contributed by atoms with E-state index in [1.165, 1.54) is 11.2 Å². The van der Waals surface area contributed by atoms with Crippen LogP contribution in [0.4, 0.5) is 4.79 Å². The van der Waals surface area contributed by atoms with Gasteiger partial charge in [-0.25, -0.2) is 13.2 Å². The maximum Gasteiger partial charge on any atom is 0.325 e. The highest BCUT2D eigenvalue weighted by Crippen LogP contribution is 2.48. The van der Waals surface area contributed by atoms with Crippen molar-refractivity contribution in [3.63, 3.8) is 0 Å². The first kappa shape index (κ1) is 17.0. The molecule has 1 aromatic rings. The van der Waals surface area contributed by atoms with E-state index in [1.54, 1.807) is 6.92 Å². The fourth-order valence-corrected chi connectivity index (χ4v) is 5.07. The molecule has 1 aromatic carbocycles. The van der Waals surface area contributed by atoms with Gasteiger partial charge >= 0.3 is 6.03 Å². The van der Waals surface area contributed by atoms with Crippen molar-refractivity contribution in [3.8, 4) is 0 Å². The summed E-state index contributed by atoms with van der Waals surface area (Å²) in [5, 5.41) is 2.79. The van der Waals surface area contributed by atoms with Crippen molar-refractivity contribution >= 4 is 21.8 Å². The summed E-state index contributed by atoms with van der Waals surface area (Å²) < 4.78 is 23.2. The van der Waals surface area contributed by atoms with Gasteiger partial charge in [-0.2, -0.15) is 0 Å². The number of hydrogen-bond acceptors (Lipinski definition) is 4. The van der Waals surface area contributed by atoms with Crippen LogP contribution in [0.1, 0.15) is 30.9 Å². The molecule has 0 aromatic heterocycles. The summed E-state index contributed by atoms with van der Waals surface area (Å²) in [6.45, 7) is 3.76. The van der Waals surface area contributed by atoms with Gasteiger partial charge in [0, 0.05) is 18.2 Å². The van der Waals surface area contributed by atoms with E-state index >= 15 is 0 Å². The molecule has 1 atom stereocenters. The Balaban J connectivity index is 1.87. The lowest BCUT2D eigenvalue weighted by Gasteiger charge is -2.25. The Hall–Kier alpha value is -1.89. The van der Waals surface area contributed by atoms with Gasteiger partial charge in [0.25, 0.3) is 5.91 Å². The van der Waals surface area contributed by atoms with Crippen LogP contribution in [0.3, 0.4) is 0 Å². The molecule has 1 aliphatic heterocycles. The third kappa shape index (κ3) is 2.92. The van der Waals surface area contributed by atoms with Crippen LogP contribution in [0.2, 0.25) is 0 Å². The summed E-state index contributed by atoms with van der Waals surface area (Å²) in [6.07, 6.45) is 2.63. The van der Waals surface area contributed by atoms with Gasteiger partial charge in [-0.05, 0) is 37.8 Å². The lowest BCUT2D eigenvalue weighted by Crippen LogP contribution is -2.42. The van der Waals surface area contributed by atoms with Crippen molar-refractivity contribution in [1.82, 2.24) is 10.2 Å². The van der Waals surface area contributed by atoms with Crippen LogP contribution in [-0.2, 0) is 20.2 Å². The summed E-state index contributed by atoms with van der Waals surface area (Å²) in [5.41, 5.74) is 0.104. The zero-order chi connectivity index (χ0) is 17.8. The van der Waals surface area contributed by atoms with Gasteiger partial charge in [-0.1, -0.05) is 24.3 Å². The number of hydrogen-bond donors (Lipinski definition) is 1. The summed E-state index contributed by atoms with van der Waals surface area (Å²) >= 11 is 0. The molecule has 1 aliphatic carbocycles. The minimum absolute atomic E-state index is 0.0120. The van der Waals surface area contributed by atoms with Gasteiger partial charge < -0.3 is 5.32 Å². The van der Waals surface area contributed by atoms with Crippen LogP contribution in [0.15, 0.2) is 24.3 Å². The van der Waals surface area contributed by atoms with E-state index in [-0.39, 0.29) is 18.2 Å². The predicted octanol–water partition coefficient (Wildman–Crippen LogP) is 1.59. The molecule has 1 N–H and O–H groups in total.